The number of anilines is 1. The van der Waals surface area contributed by atoms with Crippen LogP contribution in [0.3, 0.4) is 0 Å². The number of aryl methyl sites for hydroxylation is 3. The van der Waals surface area contributed by atoms with Gasteiger partial charge in [-0.25, -0.2) is 13.6 Å². The van der Waals surface area contributed by atoms with E-state index in [2.05, 4.69) is 10.4 Å². The average Bonchev–Trinajstić information content (AvgIpc) is 2.83. The van der Waals surface area contributed by atoms with Crippen LogP contribution >= 0.6 is 11.3 Å². The number of thiophene rings is 1. The molecule has 0 aliphatic heterocycles. The Hall–Kier alpha value is -1.71. The minimum atomic E-state index is -3.94. The summed E-state index contributed by atoms with van der Waals surface area (Å²) in [5.74, 6) is -0.474. The predicted molar refractivity (Wildman–Crippen MR) is 76.3 cm³/mol. The fourth-order valence-electron chi connectivity index (χ4n) is 1.62. The van der Waals surface area contributed by atoms with E-state index in [0.29, 0.717) is 4.88 Å². The molecule has 0 unspecified atom stereocenters. The molecular weight excluding hydrogens is 300 g/mol. The number of sulfonamides is 1. The van der Waals surface area contributed by atoms with Crippen molar-refractivity contribution in [2.75, 3.05) is 5.32 Å². The fourth-order valence-corrected chi connectivity index (χ4v) is 3.21. The third-order valence-electron chi connectivity index (χ3n) is 2.72. The number of hydrogen-bond donors (Lipinski definition) is 2. The zero-order chi connectivity index (χ0) is 15.1. The molecular formula is C11H14N4O3S2. The second kappa shape index (κ2) is 5.00. The summed E-state index contributed by atoms with van der Waals surface area (Å²) in [6.07, 6.45) is 1.25. The van der Waals surface area contributed by atoms with Gasteiger partial charge in [-0.2, -0.15) is 5.10 Å². The van der Waals surface area contributed by atoms with Crippen molar-refractivity contribution in [1.82, 2.24) is 9.78 Å². The molecule has 0 aliphatic carbocycles. The largest absolute Gasteiger partial charge is 0.303 e. The van der Waals surface area contributed by atoms with Gasteiger partial charge in [0.05, 0.1) is 4.88 Å². The lowest BCUT2D eigenvalue weighted by atomic mass is 10.3. The first-order chi connectivity index (χ1) is 9.18. The highest BCUT2D eigenvalue weighted by atomic mass is 32.2. The molecule has 0 aliphatic rings. The summed E-state index contributed by atoms with van der Waals surface area (Å²) in [4.78, 5) is 13.4. The van der Waals surface area contributed by atoms with Crippen molar-refractivity contribution in [3.05, 3.63) is 27.6 Å². The molecule has 2 aromatic rings. The van der Waals surface area contributed by atoms with Gasteiger partial charge in [0.1, 0.15) is 4.90 Å². The van der Waals surface area contributed by atoms with Crippen molar-refractivity contribution >= 4 is 33.1 Å². The van der Waals surface area contributed by atoms with E-state index in [1.807, 2.05) is 13.8 Å². The lowest BCUT2D eigenvalue weighted by Gasteiger charge is -2.01. The summed E-state index contributed by atoms with van der Waals surface area (Å²) < 4.78 is 24.1. The Bertz CT molecular complexity index is 754. The Labute approximate surface area is 120 Å². The van der Waals surface area contributed by atoms with E-state index in [1.165, 1.54) is 22.2 Å². The maximum absolute atomic E-state index is 12.1. The lowest BCUT2D eigenvalue weighted by molar-refractivity contribution is 0.103. The van der Waals surface area contributed by atoms with Gasteiger partial charge < -0.3 is 5.32 Å². The van der Waals surface area contributed by atoms with Gasteiger partial charge in [-0.05, 0) is 25.5 Å². The van der Waals surface area contributed by atoms with Gasteiger partial charge in [-0.3, -0.25) is 9.48 Å². The molecule has 20 heavy (non-hydrogen) atoms. The van der Waals surface area contributed by atoms with Crippen LogP contribution in [0.2, 0.25) is 0 Å². The van der Waals surface area contributed by atoms with Gasteiger partial charge in [0.25, 0.3) is 5.91 Å². The Morgan fingerprint density at radius 2 is 2.10 bits per heavy atom. The number of carbonyl (C=O) groups excluding carboxylic acids is 1. The fraction of sp³-hybridized carbons (Fsp3) is 0.273. The molecule has 108 valence electrons. The first-order valence-electron chi connectivity index (χ1n) is 5.63. The SMILES string of the molecule is Cc1cc(C(=O)Nc2nn(C)cc2S(N)(=O)=O)sc1C. The minimum Gasteiger partial charge on any atom is -0.303 e. The molecule has 9 heteroatoms. The zero-order valence-corrected chi connectivity index (χ0v) is 12.8. The molecule has 0 aromatic carbocycles. The maximum Gasteiger partial charge on any atom is 0.266 e. The summed E-state index contributed by atoms with van der Waals surface area (Å²) in [6, 6.07) is 1.74. The second-order valence-electron chi connectivity index (χ2n) is 4.36. The third-order valence-corrected chi connectivity index (χ3v) is 4.79. The van der Waals surface area contributed by atoms with E-state index < -0.39 is 15.9 Å². The second-order valence-corrected chi connectivity index (χ2v) is 7.15. The summed E-state index contributed by atoms with van der Waals surface area (Å²) in [6.45, 7) is 3.81. The van der Waals surface area contributed by atoms with E-state index in [0.717, 1.165) is 10.4 Å². The number of rotatable bonds is 3. The van der Waals surface area contributed by atoms with Crippen LogP contribution in [0.4, 0.5) is 5.82 Å². The standard InChI is InChI=1S/C11H14N4O3S2/c1-6-4-8(19-7(6)2)11(16)13-10-9(20(12,17)18)5-15(3)14-10/h4-5H,1-3H3,(H2,12,17,18)(H,13,14,16). The van der Waals surface area contributed by atoms with Crippen LogP contribution < -0.4 is 10.5 Å². The van der Waals surface area contributed by atoms with E-state index in [9.17, 15) is 13.2 Å². The van der Waals surface area contributed by atoms with Gasteiger partial charge in [0, 0.05) is 18.1 Å². The maximum atomic E-state index is 12.1. The van der Waals surface area contributed by atoms with Crippen molar-refractivity contribution < 1.29 is 13.2 Å². The number of nitrogens with zero attached hydrogens (tertiary/aromatic N) is 2. The molecule has 0 fully saturated rings. The third kappa shape index (κ3) is 2.89. The van der Waals surface area contributed by atoms with Crippen LogP contribution in [0.5, 0.6) is 0 Å². The Balaban J connectivity index is 2.33. The van der Waals surface area contributed by atoms with Gasteiger partial charge >= 0.3 is 0 Å². The molecule has 2 aromatic heterocycles. The zero-order valence-electron chi connectivity index (χ0n) is 11.2. The summed E-state index contributed by atoms with van der Waals surface area (Å²) in [7, 11) is -2.39. The minimum absolute atomic E-state index is 0.0660. The van der Waals surface area contributed by atoms with E-state index in [1.54, 1.807) is 13.1 Å². The topological polar surface area (TPSA) is 107 Å². The normalized spacial score (nSPS) is 11.6. The van der Waals surface area contributed by atoms with Gasteiger partial charge in [0.2, 0.25) is 10.0 Å². The molecule has 1 amide bonds. The first kappa shape index (κ1) is 14.7. The molecule has 7 nitrogen and oxygen atoms in total. The predicted octanol–water partition coefficient (Wildman–Crippen LogP) is 0.998. The highest BCUT2D eigenvalue weighted by Crippen LogP contribution is 2.23. The van der Waals surface area contributed by atoms with E-state index in [-0.39, 0.29) is 10.7 Å². The van der Waals surface area contributed by atoms with Gasteiger partial charge in [0.15, 0.2) is 5.82 Å². The van der Waals surface area contributed by atoms with Crippen molar-refractivity contribution in [3.8, 4) is 0 Å². The first-order valence-corrected chi connectivity index (χ1v) is 7.99. The number of hydrogen-bond acceptors (Lipinski definition) is 5. The number of amides is 1. The number of primary sulfonamides is 1. The molecule has 0 saturated heterocycles. The highest BCUT2D eigenvalue weighted by molar-refractivity contribution is 7.89. The molecule has 2 rings (SSSR count). The molecule has 0 spiro atoms. The Morgan fingerprint density at radius 1 is 1.45 bits per heavy atom. The van der Waals surface area contributed by atoms with E-state index in [4.69, 9.17) is 5.14 Å². The molecule has 3 N–H and O–H groups in total. The molecule has 0 saturated carbocycles. The molecule has 0 radical (unpaired) electrons. The van der Waals surface area contributed by atoms with Crippen molar-refractivity contribution in [2.45, 2.75) is 18.7 Å². The molecule has 0 bridgehead atoms. The van der Waals surface area contributed by atoms with Crippen LogP contribution in [-0.4, -0.2) is 24.1 Å². The number of carbonyl (C=O) groups is 1. The average molecular weight is 314 g/mol. The van der Waals surface area contributed by atoms with Crippen molar-refractivity contribution in [3.63, 3.8) is 0 Å². The van der Waals surface area contributed by atoms with Crippen LogP contribution in [0.25, 0.3) is 0 Å². The Kier molecular flexibility index (Phi) is 3.67. The highest BCUT2D eigenvalue weighted by Gasteiger charge is 2.21. The number of nitrogens with one attached hydrogen (secondary N) is 1. The van der Waals surface area contributed by atoms with Crippen molar-refractivity contribution in [1.29, 1.82) is 0 Å². The lowest BCUT2D eigenvalue weighted by Crippen LogP contribution is -2.17. The van der Waals surface area contributed by atoms with Gasteiger partial charge in [-0.15, -0.1) is 11.3 Å². The monoisotopic (exact) mass is 314 g/mol. The summed E-state index contributed by atoms with van der Waals surface area (Å²) >= 11 is 1.33. The smallest absolute Gasteiger partial charge is 0.266 e. The quantitative estimate of drug-likeness (QED) is 0.881. The van der Waals surface area contributed by atoms with E-state index >= 15 is 0 Å². The van der Waals surface area contributed by atoms with Crippen LogP contribution in [0.1, 0.15) is 20.1 Å². The van der Waals surface area contributed by atoms with Gasteiger partial charge in [-0.1, -0.05) is 0 Å². The number of nitrogens with two attached hydrogens (primary N) is 1. The Morgan fingerprint density at radius 3 is 2.60 bits per heavy atom. The molecule has 0 atom stereocenters. The number of aromatic nitrogens is 2. The van der Waals surface area contributed by atoms with Crippen LogP contribution in [-0.2, 0) is 17.1 Å². The van der Waals surface area contributed by atoms with Crippen LogP contribution in [0, 0.1) is 13.8 Å². The van der Waals surface area contributed by atoms with Crippen molar-refractivity contribution in [2.24, 2.45) is 12.2 Å². The molecule has 2 heterocycles. The van der Waals surface area contributed by atoms with Crippen LogP contribution in [0.15, 0.2) is 17.2 Å². The summed E-state index contributed by atoms with van der Waals surface area (Å²) in [5.41, 5.74) is 1.01. The summed E-state index contributed by atoms with van der Waals surface area (Å²) in [5, 5.41) is 11.5.